The first-order valence-corrected chi connectivity index (χ1v) is 7.37. The van der Waals surface area contributed by atoms with E-state index in [1.54, 1.807) is 0 Å². The maximum Gasteiger partial charge on any atom is 0.319 e. The summed E-state index contributed by atoms with van der Waals surface area (Å²) in [6.45, 7) is 7.22. The van der Waals surface area contributed by atoms with E-state index in [1.165, 1.54) is 19.3 Å². The van der Waals surface area contributed by atoms with Crippen LogP contribution in [0.3, 0.4) is 0 Å². The van der Waals surface area contributed by atoms with Crippen molar-refractivity contribution in [1.29, 1.82) is 0 Å². The minimum Gasteiger partial charge on any atom is -0.327 e. The van der Waals surface area contributed by atoms with Crippen LogP contribution < -0.4 is 5.32 Å². The maximum atomic E-state index is 12.3. The van der Waals surface area contributed by atoms with Crippen LogP contribution in [0.5, 0.6) is 0 Å². The van der Waals surface area contributed by atoms with E-state index >= 15 is 0 Å². The molecular formula is C14H27N3O. The van der Waals surface area contributed by atoms with Gasteiger partial charge in [0.25, 0.3) is 0 Å². The van der Waals surface area contributed by atoms with Gasteiger partial charge in [-0.25, -0.2) is 4.79 Å². The number of carbonyl (C=O) groups excluding carboxylic acids is 1. The van der Waals surface area contributed by atoms with E-state index < -0.39 is 0 Å². The van der Waals surface area contributed by atoms with Crippen LogP contribution in [-0.4, -0.2) is 55.6 Å². The van der Waals surface area contributed by atoms with Crippen molar-refractivity contribution < 1.29 is 4.79 Å². The number of nitrogens with one attached hydrogen (secondary N) is 1. The molecule has 2 rings (SSSR count). The summed E-state index contributed by atoms with van der Waals surface area (Å²) < 4.78 is 0. The molecule has 4 heteroatoms. The van der Waals surface area contributed by atoms with Gasteiger partial charge in [-0.3, -0.25) is 0 Å². The van der Waals surface area contributed by atoms with E-state index in [0.717, 1.165) is 39.1 Å². The van der Waals surface area contributed by atoms with Crippen LogP contribution in [0.15, 0.2) is 0 Å². The fraction of sp³-hybridized carbons (Fsp3) is 0.929. The predicted octanol–water partition coefficient (Wildman–Crippen LogP) is 1.77. The molecule has 0 aromatic rings. The molecule has 2 unspecified atom stereocenters. The van der Waals surface area contributed by atoms with Gasteiger partial charge in [0.1, 0.15) is 0 Å². The molecule has 2 aliphatic heterocycles. The minimum absolute atomic E-state index is 0.229. The van der Waals surface area contributed by atoms with E-state index in [9.17, 15) is 4.79 Å². The Morgan fingerprint density at radius 1 is 1.39 bits per heavy atom. The lowest BCUT2D eigenvalue weighted by atomic mass is 9.99. The first kappa shape index (κ1) is 13.7. The second kappa shape index (κ2) is 6.41. The van der Waals surface area contributed by atoms with Crippen LogP contribution in [0.2, 0.25) is 0 Å². The number of hydrogen-bond acceptors (Lipinski definition) is 2. The molecule has 0 spiro atoms. The van der Waals surface area contributed by atoms with Crippen LogP contribution in [0.1, 0.15) is 32.6 Å². The highest BCUT2D eigenvalue weighted by Gasteiger charge is 2.25. The lowest BCUT2D eigenvalue weighted by Crippen LogP contribution is -2.48. The Morgan fingerprint density at radius 3 is 2.89 bits per heavy atom. The first-order chi connectivity index (χ1) is 8.66. The third-order valence-corrected chi connectivity index (χ3v) is 4.19. The Labute approximate surface area is 111 Å². The molecule has 2 aliphatic rings. The van der Waals surface area contributed by atoms with Gasteiger partial charge in [0, 0.05) is 26.7 Å². The van der Waals surface area contributed by atoms with Crippen molar-refractivity contribution >= 4 is 6.03 Å². The van der Waals surface area contributed by atoms with Crippen molar-refractivity contribution in [2.24, 2.45) is 11.8 Å². The van der Waals surface area contributed by atoms with Gasteiger partial charge in [-0.1, -0.05) is 6.92 Å². The predicted molar refractivity (Wildman–Crippen MR) is 73.6 cm³/mol. The van der Waals surface area contributed by atoms with Gasteiger partial charge in [0.05, 0.1) is 0 Å². The fourth-order valence-electron chi connectivity index (χ4n) is 3.15. The van der Waals surface area contributed by atoms with E-state index in [4.69, 9.17) is 0 Å². The Morgan fingerprint density at radius 2 is 2.22 bits per heavy atom. The van der Waals surface area contributed by atoms with E-state index in [0.29, 0.717) is 11.8 Å². The molecule has 2 atom stereocenters. The molecule has 2 amide bonds. The van der Waals surface area contributed by atoms with Crippen LogP contribution in [0.4, 0.5) is 4.79 Å². The van der Waals surface area contributed by atoms with E-state index in [1.807, 2.05) is 16.8 Å². The summed E-state index contributed by atoms with van der Waals surface area (Å²) in [5.74, 6) is 1.29. The average molecular weight is 253 g/mol. The summed E-state index contributed by atoms with van der Waals surface area (Å²) in [5, 5.41) is 3.41. The normalized spacial score (nSPS) is 29.1. The smallest absolute Gasteiger partial charge is 0.319 e. The summed E-state index contributed by atoms with van der Waals surface area (Å²) in [6.07, 6.45) is 4.92. The summed E-state index contributed by atoms with van der Waals surface area (Å²) >= 11 is 0. The van der Waals surface area contributed by atoms with Crippen molar-refractivity contribution in [3.8, 4) is 0 Å². The highest BCUT2D eigenvalue weighted by Crippen LogP contribution is 2.18. The molecule has 2 saturated heterocycles. The van der Waals surface area contributed by atoms with Crippen molar-refractivity contribution in [2.75, 3.05) is 39.8 Å². The van der Waals surface area contributed by atoms with Crippen LogP contribution in [0, 0.1) is 11.8 Å². The zero-order chi connectivity index (χ0) is 13.0. The van der Waals surface area contributed by atoms with Gasteiger partial charge in [0.2, 0.25) is 0 Å². The summed E-state index contributed by atoms with van der Waals surface area (Å²) in [6, 6.07) is 0.229. The molecule has 2 heterocycles. The van der Waals surface area contributed by atoms with Gasteiger partial charge < -0.3 is 15.1 Å². The molecule has 0 aliphatic carbocycles. The molecule has 2 fully saturated rings. The van der Waals surface area contributed by atoms with Gasteiger partial charge in [-0.2, -0.15) is 0 Å². The molecular weight excluding hydrogens is 226 g/mol. The summed E-state index contributed by atoms with van der Waals surface area (Å²) in [7, 11) is 1.95. The highest BCUT2D eigenvalue weighted by atomic mass is 16.2. The highest BCUT2D eigenvalue weighted by molar-refractivity contribution is 5.74. The van der Waals surface area contributed by atoms with Crippen molar-refractivity contribution in [2.45, 2.75) is 32.6 Å². The first-order valence-electron chi connectivity index (χ1n) is 7.37. The molecule has 4 nitrogen and oxygen atoms in total. The van der Waals surface area contributed by atoms with Crippen molar-refractivity contribution in [1.82, 2.24) is 15.1 Å². The van der Waals surface area contributed by atoms with Gasteiger partial charge in [-0.05, 0) is 50.6 Å². The molecule has 0 aromatic carbocycles. The fourth-order valence-corrected chi connectivity index (χ4v) is 3.15. The van der Waals surface area contributed by atoms with Crippen molar-refractivity contribution in [3.63, 3.8) is 0 Å². The molecule has 0 bridgehead atoms. The quantitative estimate of drug-likeness (QED) is 0.814. The van der Waals surface area contributed by atoms with E-state index in [2.05, 4.69) is 12.2 Å². The second-order valence-electron chi connectivity index (χ2n) is 6.07. The summed E-state index contributed by atoms with van der Waals surface area (Å²) in [4.78, 5) is 16.3. The average Bonchev–Trinajstić information content (AvgIpc) is 2.39. The number of hydrogen-bond donors (Lipinski definition) is 1. The van der Waals surface area contributed by atoms with Crippen LogP contribution in [0.25, 0.3) is 0 Å². The molecule has 0 aromatic heterocycles. The number of nitrogens with zero attached hydrogens (tertiary/aromatic N) is 2. The van der Waals surface area contributed by atoms with Crippen LogP contribution >= 0.6 is 0 Å². The third kappa shape index (κ3) is 3.61. The molecule has 1 N–H and O–H groups in total. The standard InChI is InChI=1S/C14H27N3O/c1-12-5-4-8-17(10-12)14(18)16(2)11-13-6-3-7-15-9-13/h12-13,15H,3-11H2,1-2H3. The monoisotopic (exact) mass is 253 g/mol. The lowest BCUT2D eigenvalue weighted by molar-refractivity contribution is 0.131. The van der Waals surface area contributed by atoms with Crippen molar-refractivity contribution in [3.05, 3.63) is 0 Å². The second-order valence-corrected chi connectivity index (χ2v) is 6.07. The van der Waals surface area contributed by atoms with Gasteiger partial charge >= 0.3 is 6.03 Å². The maximum absolute atomic E-state index is 12.3. The van der Waals surface area contributed by atoms with Crippen LogP contribution in [-0.2, 0) is 0 Å². The third-order valence-electron chi connectivity index (χ3n) is 4.19. The molecule has 0 saturated carbocycles. The summed E-state index contributed by atoms with van der Waals surface area (Å²) in [5.41, 5.74) is 0. The molecule has 0 radical (unpaired) electrons. The SMILES string of the molecule is CC1CCCN(C(=O)N(C)CC2CCCNC2)C1. The number of rotatable bonds is 2. The van der Waals surface area contributed by atoms with E-state index in [-0.39, 0.29) is 6.03 Å². The van der Waals surface area contributed by atoms with Gasteiger partial charge in [-0.15, -0.1) is 0 Å². The number of piperidine rings is 2. The Hall–Kier alpha value is -0.770. The number of carbonyl (C=O) groups is 1. The topological polar surface area (TPSA) is 35.6 Å². The van der Waals surface area contributed by atoms with Gasteiger partial charge in [0.15, 0.2) is 0 Å². The lowest BCUT2D eigenvalue weighted by Gasteiger charge is -2.35. The zero-order valence-electron chi connectivity index (χ0n) is 11.8. The Kier molecular flexibility index (Phi) is 4.87. The number of likely N-dealkylation sites (tertiary alicyclic amines) is 1. The largest absolute Gasteiger partial charge is 0.327 e. The Balaban J connectivity index is 1.79. The number of amides is 2. The number of urea groups is 1. The molecule has 18 heavy (non-hydrogen) atoms. The Bertz CT molecular complexity index is 276. The zero-order valence-corrected chi connectivity index (χ0v) is 11.8. The molecule has 104 valence electrons. The minimum atomic E-state index is 0.229.